The van der Waals surface area contributed by atoms with Crippen LogP contribution in [0.15, 0.2) is 18.2 Å². The molecule has 0 amide bonds. The van der Waals surface area contributed by atoms with Crippen molar-refractivity contribution in [3.05, 3.63) is 23.8 Å². The Hall–Kier alpha value is -1.75. The van der Waals surface area contributed by atoms with Crippen molar-refractivity contribution in [3.63, 3.8) is 0 Å². The summed E-state index contributed by atoms with van der Waals surface area (Å²) < 4.78 is 5.28. The van der Waals surface area contributed by atoms with Gasteiger partial charge in [0.25, 0.3) is 0 Å². The highest BCUT2D eigenvalue weighted by atomic mass is 16.5. The molecule has 20 heavy (non-hydrogen) atoms. The van der Waals surface area contributed by atoms with Crippen molar-refractivity contribution in [2.75, 3.05) is 13.2 Å². The summed E-state index contributed by atoms with van der Waals surface area (Å²) in [5.74, 6) is -0.335. The lowest BCUT2D eigenvalue weighted by Gasteiger charge is -2.18. The van der Waals surface area contributed by atoms with Gasteiger partial charge in [0.15, 0.2) is 11.5 Å². The molecule has 0 aromatic heterocycles. The predicted octanol–water partition coefficient (Wildman–Crippen LogP) is 2.55. The second-order valence-electron chi connectivity index (χ2n) is 5.03. The molecule has 1 rings (SSSR count). The molecule has 5 nitrogen and oxygen atoms in total. The minimum atomic E-state index is -1.02. The number of ether oxygens (including phenoxy) is 1. The molecular formula is C15H23NO4. The number of carboxylic acid groups (broad SMARTS) is 1. The first kappa shape index (κ1) is 16.3. The second kappa shape index (κ2) is 7.75. The van der Waals surface area contributed by atoms with E-state index in [9.17, 15) is 15.0 Å². The fourth-order valence-corrected chi connectivity index (χ4v) is 1.89. The number of benzene rings is 1. The monoisotopic (exact) mass is 281 g/mol. The highest BCUT2D eigenvalue weighted by molar-refractivity contribution is 5.77. The number of aliphatic carboxylic acids is 1. The normalized spacial score (nSPS) is 12.4. The van der Waals surface area contributed by atoms with E-state index < -0.39 is 12.0 Å². The quantitative estimate of drug-likeness (QED) is 0.682. The molecule has 0 aliphatic rings. The SMILES string of the molecule is CCOc1cccc(C(NCCC(C)C)C(=O)O)c1O. The molecule has 0 saturated carbocycles. The van der Waals surface area contributed by atoms with Gasteiger partial charge in [-0.3, -0.25) is 4.79 Å². The van der Waals surface area contributed by atoms with Crippen LogP contribution in [0.5, 0.6) is 11.5 Å². The summed E-state index contributed by atoms with van der Waals surface area (Å²) in [5, 5.41) is 22.4. The Morgan fingerprint density at radius 3 is 2.65 bits per heavy atom. The fourth-order valence-electron chi connectivity index (χ4n) is 1.89. The van der Waals surface area contributed by atoms with Gasteiger partial charge in [0, 0.05) is 5.56 Å². The minimum absolute atomic E-state index is 0.112. The van der Waals surface area contributed by atoms with Gasteiger partial charge in [-0.25, -0.2) is 0 Å². The third-order valence-electron chi connectivity index (χ3n) is 2.96. The number of rotatable bonds is 8. The number of para-hydroxylation sites is 1. The lowest BCUT2D eigenvalue weighted by atomic mass is 10.0. The number of carbonyl (C=O) groups is 1. The number of hydrogen-bond donors (Lipinski definition) is 3. The predicted molar refractivity (Wildman–Crippen MR) is 77.1 cm³/mol. The average Bonchev–Trinajstić information content (AvgIpc) is 2.37. The Morgan fingerprint density at radius 1 is 1.40 bits per heavy atom. The van der Waals surface area contributed by atoms with E-state index in [-0.39, 0.29) is 5.75 Å². The number of aromatic hydroxyl groups is 1. The summed E-state index contributed by atoms with van der Waals surface area (Å²) in [7, 11) is 0. The van der Waals surface area contributed by atoms with Crippen molar-refractivity contribution in [2.24, 2.45) is 5.92 Å². The maximum atomic E-state index is 11.4. The van der Waals surface area contributed by atoms with Crippen LogP contribution in [0.3, 0.4) is 0 Å². The van der Waals surface area contributed by atoms with E-state index >= 15 is 0 Å². The molecule has 1 unspecified atom stereocenters. The van der Waals surface area contributed by atoms with Crippen LogP contribution in [0.25, 0.3) is 0 Å². The van der Waals surface area contributed by atoms with Crippen LogP contribution in [0.2, 0.25) is 0 Å². The molecule has 1 aromatic rings. The molecule has 0 heterocycles. The Kier molecular flexibility index (Phi) is 6.31. The molecular weight excluding hydrogens is 258 g/mol. The first-order valence-corrected chi connectivity index (χ1v) is 6.88. The van der Waals surface area contributed by atoms with Gasteiger partial charge < -0.3 is 20.3 Å². The van der Waals surface area contributed by atoms with Crippen molar-refractivity contribution < 1.29 is 19.7 Å². The molecule has 5 heteroatoms. The van der Waals surface area contributed by atoms with Gasteiger partial charge >= 0.3 is 5.97 Å². The number of phenolic OH excluding ortho intramolecular Hbond substituents is 1. The molecule has 0 radical (unpaired) electrons. The van der Waals surface area contributed by atoms with Gasteiger partial charge in [-0.1, -0.05) is 26.0 Å². The summed E-state index contributed by atoms with van der Waals surface area (Å²) in [4.78, 5) is 11.4. The van der Waals surface area contributed by atoms with E-state index in [1.807, 2.05) is 6.92 Å². The molecule has 3 N–H and O–H groups in total. The molecule has 1 atom stereocenters. The van der Waals surface area contributed by atoms with E-state index in [0.29, 0.717) is 30.4 Å². The van der Waals surface area contributed by atoms with Gasteiger partial charge in [0.1, 0.15) is 6.04 Å². The Labute approximate surface area is 119 Å². The van der Waals surface area contributed by atoms with Crippen LogP contribution >= 0.6 is 0 Å². The van der Waals surface area contributed by atoms with Crippen LogP contribution < -0.4 is 10.1 Å². The summed E-state index contributed by atoms with van der Waals surface area (Å²) in [5.41, 5.74) is 0.326. The van der Waals surface area contributed by atoms with Gasteiger partial charge in [0.2, 0.25) is 0 Å². The zero-order valence-electron chi connectivity index (χ0n) is 12.2. The molecule has 0 aliphatic carbocycles. The minimum Gasteiger partial charge on any atom is -0.504 e. The Morgan fingerprint density at radius 2 is 2.10 bits per heavy atom. The summed E-state index contributed by atoms with van der Waals surface area (Å²) in [6.45, 7) is 6.94. The van der Waals surface area contributed by atoms with E-state index in [2.05, 4.69) is 19.2 Å². The summed E-state index contributed by atoms with van der Waals surface area (Å²) in [6, 6.07) is 3.96. The topological polar surface area (TPSA) is 78.8 Å². The molecule has 112 valence electrons. The zero-order chi connectivity index (χ0) is 15.1. The molecule has 0 spiro atoms. The van der Waals surface area contributed by atoms with E-state index in [0.717, 1.165) is 6.42 Å². The zero-order valence-corrected chi connectivity index (χ0v) is 12.2. The van der Waals surface area contributed by atoms with Crippen LogP contribution in [-0.2, 0) is 4.79 Å². The smallest absolute Gasteiger partial charge is 0.325 e. The van der Waals surface area contributed by atoms with Gasteiger partial charge in [-0.15, -0.1) is 0 Å². The summed E-state index contributed by atoms with van der Waals surface area (Å²) >= 11 is 0. The van der Waals surface area contributed by atoms with Gasteiger partial charge in [-0.05, 0) is 31.9 Å². The standard InChI is InChI=1S/C15H23NO4/c1-4-20-12-7-5-6-11(14(12)17)13(15(18)19)16-9-8-10(2)3/h5-7,10,13,16-17H,4,8-9H2,1-3H3,(H,18,19). The largest absolute Gasteiger partial charge is 0.504 e. The van der Waals surface area contributed by atoms with E-state index in [1.54, 1.807) is 18.2 Å². The first-order valence-electron chi connectivity index (χ1n) is 6.88. The number of phenols is 1. The van der Waals surface area contributed by atoms with Crippen LogP contribution in [0, 0.1) is 5.92 Å². The van der Waals surface area contributed by atoms with E-state index in [1.165, 1.54) is 0 Å². The Balaban J connectivity index is 2.91. The highest BCUT2D eigenvalue weighted by Gasteiger charge is 2.24. The Bertz CT molecular complexity index is 445. The lowest BCUT2D eigenvalue weighted by Crippen LogP contribution is -2.30. The molecule has 0 bridgehead atoms. The number of hydrogen-bond acceptors (Lipinski definition) is 4. The van der Waals surface area contributed by atoms with Crippen molar-refractivity contribution in [1.82, 2.24) is 5.32 Å². The van der Waals surface area contributed by atoms with Crippen molar-refractivity contribution in [1.29, 1.82) is 0 Å². The fraction of sp³-hybridized carbons (Fsp3) is 0.533. The third-order valence-corrected chi connectivity index (χ3v) is 2.96. The summed E-state index contributed by atoms with van der Waals surface area (Å²) in [6.07, 6.45) is 0.871. The van der Waals surface area contributed by atoms with Gasteiger partial charge in [-0.2, -0.15) is 0 Å². The third kappa shape index (κ3) is 4.42. The number of nitrogens with one attached hydrogen (secondary N) is 1. The maximum absolute atomic E-state index is 11.4. The first-order chi connectivity index (χ1) is 9.47. The molecule has 1 aromatic carbocycles. The number of carboxylic acids is 1. The highest BCUT2D eigenvalue weighted by Crippen LogP contribution is 2.33. The molecule has 0 saturated heterocycles. The second-order valence-corrected chi connectivity index (χ2v) is 5.03. The molecule has 0 fully saturated rings. The van der Waals surface area contributed by atoms with Crippen molar-refractivity contribution >= 4 is 5.97 Å². The van der Waals surface area contributed by atoms with Crippen LogP contribution in [-0.4, -0.2) is 29.3 Å². The van der Waals surface area contributed by atoms with E-state index in [4.69, 9.17) is 4.74 Å². The van der Waals surface area contributed by atoms with Crippen molar-refractivity contribution in [3.8, 4) is 11.5 Å². The maximum Gasteiger partial charge on any atom is 0.325 e. The molecule has 0 aliphatic heterocycles. The van der Waals surface area contributed by atoms with Crippen LogP contribution in [0.4, 0.5) is 0 Å². The van der Waals surface area contributed by atoms with Crippen molar-refractivity contribution in [2.45, 2.75) is 33.2 Å². The van der Waals surface area contributed by atoms with Crippen LogP contribution in [0.1, 0.15) is 38.8 Å². The lowest BCUT2D eigenvalue weighted by molar-refractivity contribution is -0.139. The van der Waals surface area contributed by atoms with Gasteiger partial charge in [0.05, 0.1) is 6.61 Å². The average molecular weight is 281 g/mol.